The molecule has 4 rings (SSSR count). The number of aryl methyl sites for hydroxylation is 1. The number of likely N-dealkylation sites (tertiary alicyclic amines) is 1. The van der Waals surface area contributed by atoms with Crippen LogP contribution in [0.3, 0.4) is 0 Å². The summed E-state index contributed by atoms with van der Waals surface area (Å²) in [6, 6.07) is 9.14. The summed E-state index contributed by atoms with van der Waals surface area (Å²) in [5, 5.41) is 4.55. The number of hydrogen-bond acceptors (Lipinski definition) is 3. The molecule has 0 atom stereocenters. The maximum Gasteiger partial charge on any atom is 0.256 e. The molecule has 0 unspecified atom stereocenters. The van der Waals surface area contributed by atoms with Gasteiger partial charge in [-0.15, -0.1) is 0 Å². The quantitative estimate of drug-likeness (QED) is 0.639. The number of carbonyl (C=O) groups is 1. The SMILES string of the molecule is CCc1cccc2c(Nc3ccc(F)cc3F)ncc(C(=O)N3CCCCC3)c12. The molecule has 1 aliphatic rings. The second-order valence-electron chi connectivity index (χ2n) is 7.32. The van der Waals surface area contributed by atoms with E-state index >= 15 is 0 Å². The van der Waals surface area contributed by atoms with E-state index in [2.05, 4.69) is 10.3 Å². The molecule has 1 aromatic heterocycles. The number of amides is 1. The summed E-state index contributed by atoms with van der Waals surface area (Å²) in [7, 11) is 0. The van der Waals surface area contributed by atoms with Gasteiger partial charge >= 0.3 is 0 Å². The van der Waals surface area contributed by atoms with Gasteiger partial charge in [0, 0.05) is 36.1 Å². The van der Waals surface area contributed by atoms with Crippen LogP contribution in [0, 0.1) is 11.6 Å². The van der Waals surface area contributed by atoms with Crippen molar-refractivity contribution in [1.82, 2.24) is 9.88 Å². The minimum atomic E-state index is -0.694. The van der Waals surface area contributed by atoms with E-state index in [0.29, 0.717) is 11.4 Å². The van der Waals surface area contributed by atoms with Gasteiger partial charge in [-0.05, 0) is 43.4 Å². The van der Waals surface area contributed by atoms with Crippen LogP contribution in [0.4, 0.5) is 20.3 Å². The van der Waals surface area contributed by atoms with Gasteiger partial charge in [0.25, 0.3) is 5.91 Å². The summed E-state index contributed by atoms with van der Waals surface area (Å²) in [5.41, 5.74) is 1.74. The minimum Gasteiger partial charge on any atom is -0.339 e. The van der Waals surface area contributed by atoms with E-state index in [1.807, 2.05) is 30.0 Å². The lowest BCUT2D eigenvalue weighted by atomic mass is 9.98. The van der Waals surface area contributed by atoms with E-state index in [-0.39, 0.29) is 11.6 Å². The number of nitrogens with one attached hydrogen (secondary N) is 1. The molecular formula is C23H23F2N3O. The zero-order chi connectivity index (χ0) is 20.4. The van der Waals surface area contributed by atoms with Gasteiger partial charge in [0.2, 0.25) is 0 Å². The third-order valence-corrected chi connectivity index (χ3v) is 5.44. The number of aromatic nitrogens is 1. The van der Waals surface area contributed by atoms with Crippen molar-refractivity contribution in [2.75, 3.05) is 18.4 Å². The predicted molar refractivity (Wildman–Crippen MR) is 111 cm³/mol. The van der Waals surface area contributed by atoms with Crippen LogP contribution >= 0.6 is 0 Å². The topological polar surface area (TPSA) is 45.2 Å². The minimum absolute atomic E-state index is 0.0115. The first kappa shape index (κ1) is 19.3. The molecule has 29 heavy (non-hydrogen) atoms. The molecular weight excluding hydrogens is 372 g/mol. The molecule has 2 heterocycles. The number of benzene rings is 2. The van der Waals surface area contributed by atoms with Gasteiger partial charge in [-0.1, -0.05) is 25.1 Å². The van der Waals surface area contributed by atoms with Gasteiger partial charge in [0.15, 0.2) is 0 Å². The number of pyridine rings is 1. The number of halogens is 2. The summed E-state index contributed by atoms with van der Waals surface area (Å²) >= 11 is 0. The zero-order valence-electron chi connectivity index (χ0n) is 16.3. The predicted octanol–water partition coefficient (Wildman–Crippen LogP) is 5.45. The third kappa shape index (κ3) is 3.79. The Balaban J connectivity index is 1.81. The largest absolute Gasteiger partial charge is 0.339 e. The van der Waals surface area contributed by atoms with Gasteiger partial charge < -0.3 is 10.2 Å². The number of rotatable bonds is 4. The standard InChI is InChI=1S/C23H23F2N3O/c1-2-15-7-6-8-17-21(15)18(23(29)28-11-4-3-5-12-28)14-26-22(17)27-20-10-9-16(24)13-19(20)25/h6-10,13-14H,2-5,11-12H2,1H3,(H,26,27). The monoisotopic (exact) mass is 395 g/mol. The third-order valence-electron chi connectivity index (χ3n) is 5.44. The zero-order valence-corrected chi connectivity index (χ0v) is 16.3. The first-order valence-corrected chi connectivity index (χ1v) is 10.0. The number of piperidine rings is 1. The van der Waals surface area contributed by atoms with Crippen LogP contribution in [0.5, 0.6) is 0 Å². The van der Waals surface area contributed by atoms with Gasteiger partial charge in [-0.2, -0.15) is 0 Å². The van der Waals surface area contributed by atoms with Crippen LogP contribution in [0.2, 0.25) is 0 Å². The number of nitrogens with zero attached hydrogens (tertiary/aromatic N) is 2. The van der Waals surface area contributed by atoms with E-state index in [4.69, 9.17) is 0 Å². The fraction of sp³-hybridized carbons (Fsp3) is 0.304. The van der Waals surface area contributed by atoms with Crippen LogP contribution in [0.15, 0.2) is 42.6 Å². The maximum atomic E-state index is 14.1. The molecule has 0 saturated carbocycles. The molecule has 0 aliphatic carbocycles. The Morgan fingerprint density at radius 1 is 1.14 bits per heavy atom. The Morgan fingerprint density at radius 2 is 1.93 bits per heavy atom. The Labute approximate surface area is 168 Å². The maximum absolute atomic E-state index is 14.1. The normalized spacial score (nSPS) is 14.2. The Kier molecular flexibility index (Phi) is 5.43. The molecule has 1 aliphatic heterocycles. The Bertz CT molecular complexity index is 1060. The van der Waals surface area contributed by atoms with Crippen molar-refractivity contribution in [2.24, 2.45) is 0 Å². The highest BCUT2D eigenvalue weighted by molar-refractivity contribution is 6.10. The molecule has 2 aromatic carbocycles. The molecule has 0 radical (unpaired) electrons. The molecule has 1 N–H and O–H groups in total. The average Bonchev–Trinajstić information content (AvgIpc) is 2.75. The van der Waals surface area contributed by atoms with E-state index in [9.17, 15) is 13.6 Å². The average molecular weight is 395 g/mol. The van der Waals surface area contributed by atoms with E-state index < -0.39 is 11.6 Å². The van der Waals surface area contributed by atoms with Crippen molar-refractivity contribution in [2.45, 2.75) is 32.6 Å². The number of hydrogen-bond donors (Lipinski definition) is 1. The van der Waals surface area contributed by atoms with Crippen LogP contribution in [-0.4, -0.2) is 28.9 Å². The van der Waals surface area contributed by atoms with E-state index in [1.54, 1.807) is 6.20 Å². The molecule has 4 nitrogen and oxygen atoms in total. The first-order valence-electron chi connectivity index (χ1n) is 10.0. The van der Waals surface area contributed by atoms with Gasteiger partial charge in [0.1, 0.15) is 17.5 Å². The van der Waals surface area contributed by atoms with Crippen LogP contribution in [-0.2, 0) is 6.42 Å². The molecule has 0 bridgehead atoms. The fourth-order valence-corrected chi connectivity index (χ4v) is 3.92. The smallest absolute Gasteiger partial charge is 0.256 e. The van der Waals surface area contributed by atoms with Crippen molar-refractivity contribution in [3.63, 3.8) is 0 Å². The number of fused-ring (bicyclic) bond motifs is 1. The lowest BCUT2D eigenvalue weighted by Crippen LogP contribution is -2.35. The first-order chi connectivity index (χ1) is 14.1. The van der Waals surface area contributed by atoms with Crippen molar-refractivity contribution >= 4 is 28.2 Å². The highest BCUT2D eigenvalue weighted by atomic mass is 19.1. The molecule has 1 amide bonds. The highest BCUT2D eigenvalue weighted by Crippen LogP contribution is 2.32. The number of anilines is 2. The Hall–Kier alpha value is -3.02. The highest BCUT2D eigenvalue weighted by Gasteiger charge is 2.23. The molecule has 150 valence electrons. The van der Waals surface area contributed by atoms with Crippen LogP contribution < -0.4 is 5.32 Å². The summed E-state index contributed by atoms with van der Waals surface area (Å²) < 4.78 is 27.4. The fourth-order valence-electron chi connectivity index (χ4n) is 3.92. The lowest BCUT2D eigenvalue weighted by molar-refractivity contribution is 0.0726. The summed E-state index contributed by atoms with van der Waals surface area (Å²) in [5.74, 6) is -0.903. The lowest BCUT2D eigenvalue weighted by Gasteiger charge is -2.27. The second-order valence-corrected chi connectivity index (χ2v) is 7.32. The molecule has 0 spiro atoms. The van der Waals surface area contributed by atoms with Crippen LogP contribution in [0.25, 0.3) is 10.8 Å². The molecule has 3 aromatic rings. The van der Waals surface area contributed by atoms with Gasteiger partial charge in [-0.25, -0.2) is 13.8 Å². The van der Waals surface area contributed by atoms with E-state index in [1.165, 1.54) is 12.1 Å². The van der Waals surface area contributed by atoms with E-state index in [0.717, 1.165) is 61.2 Å². The van der Waals surface area contributed by atoms with Crippen molar-refractivity contribution < 1.29 is 13.6 Å². The molecule has 6 heteroatoms. The summed E-state index contributed by atoms with van der Waals surface area (Å²) in [6.45, 7) is 3.56. The van der Waals surface area contributed by atoms with Crippen molar-refractivity contribution in [1.29, 1.82) is 0 Å². The molecule has 1 saturated heterocycles. The van der Waals surface area contributed by atoms with Crippen LogP contribution in [0.1, 0.15) is 42.1 Å². The Morgan fingerprint density at radius 3 is 2.66 bits per heavy atom. The van der Waals surface area contributed by atoms with Crippen molar-refractivity contribution in [3.05, 3.63) is 65.4 Å². The van der Waals surface area contributed by atoms with Gasteiger partial charge in [-0.3, -0.25) is 4.79 Å². The summed E-state index contributed by atoms with van der Waals surface area (Å²) in [4.78, 5) is 19.5. The van der Waals surface area contributed by atoms with Gasteiger partial charge in [0.05, 0.1) is 11.3 Å². The summed E-state index contributed by atoms with van der Waals surface area (Å²) in [6.07, 6.45) is 5.51. The number of carbonyl (C=O) groups excluding carboxylic acids is 1. The van der Waals surface area contributed by atoms with Crippen molar-refractivity contribution in [3.8, 4) is 0 Å². The molecule has 1 fully saturated rings. The second kappa shape index (κ2) is 8.15.